The number of nitrogens with zero attached hydrogens (tertiary/aromatic N) is 1. The topological polar surface area (TPSA) is 99.1 Å². The van der Waals surface area contributed by atoms with Crippen molar-refractivity contribution < 1.29 is 28.9 Å². The number of rotatable bonds is 3. The average Bonchev–Trinajstić information content (AvgIpc) is 2.81. The second kappa shape index (κ2) is 5.96. The number of carbonyl (C=O) groups excluding carboxylic acids is 1. The van der Waals surface area contributed by atoms with Crippen LogP contribution < -0.4 is 10.1 Å². The van der Waals surface area contributed by atoms with Gasteiger partial charge in [0.05, 0.1) is 13.2 Å². The number of hydrogen-bond donors (Lipinski definition) is 3. The highest BCUT2D eigenvalue weighted by atomic mass is 19.1. The summed E-state index contributed by atoms with van der Waals surface area (Å²) in [6.45, 7) is -0.0819. The van der Waals surface area contributed by atoms with Gasteiger partial charge in [0, 0.05) is 24.7 Å². The summed E-state index contributed by atoms with van der Waals surface area (Å²) in [5, 5.41) is 20.9. The predicted octanol–water partition coefficient (Wildman–Crippen LogP) is 0.886. The molecule has 0 bridgehead atoms. The van der Waals surface area contributed by atoms with E-state index in [0.717, 1.165) is 11.0 Å². The lowest BCUT2D eigenvalue weighted by atomic mass is 10.2. The van der Waals surface area contributed by atoms with E-state index in [1.807, 2.05) is 0 Å². The van der Waals surface area contributed by atoms with Crippen molar-refractivity contribution in [1.29, 1.82) is 0 Å². The highest BCUT2D eigenvalue weighted by Crippen LogP contribution is 2.23. The molecule has 0 spiro atoms. The van der Waals surface area contributed by atoms with Crippen LogP contribution in [0.15, 0.2) is 18.2 Å². The van der Waals surface area contributed by atoms with Crippen LogP contribution in [0.5, 0.6) is 5.75 Å². The number of β-amino-alcohol motifs (C(OH)–C–C–N with tert-alkyl or cyclic N) is 1. The van der Waals surface area contributed by atoms with Gasteiger partial charge in [0.2, 0.25) is 0 Å². The number of aliphatic hydroxyl groups is 1. The zero-order valence-electron chi connectivity index (χ0n) is 11.2. The number of aliphatic hydroxyl groups excluding tert-OH is 1. The van der Waals surface area contributed by atoms with Crippen molar-refractivity contribution in [3.05, 3.63) is 24.0 Å². The summed E-state index contributed by atoms with van der Waals surface area (Å²) in [6.07, 6.45) is -0.913. The Labute approximate surface area is 119 Å². The van der Waals surface area contributed by atoms with Crippen molar-refractivity contribution in [3.8, 4) is 5.75 Å². The molecule has 21 heavy (non-hydrogen) atoms. The molecule has 114 valence electrons. The molecule has 1 aromatic carbocycles. The minimum absolute atomic E-state index is 0.0280. The first-order valence-corrected chi connectivity index (χ1v) is 6.24. The van der Waals surface area contributed by atoms with Gasteiger partial charge >= 0.3 is 12.0 Å². The Morgan fingerprint density at radius 2 is 2.19 bits per heavy atom. The van der Waals surface area contributed by atoms with Crippen LogP contribution in [-0.2, 0) is 4.79 Å². The van der Waals surface area contributed by atoms with Gasteiger partial charge in [-0.25, -0.2) is 14.0 Å². The summed E-state index contributed by atoms with van der Waals surface area (Å²) in [5.74, 6) is -1.80. The van der Waals surface area contributed by atoms with Gasteiger partial charge < -0.3 is 25.2 Å². The largest absolute Gasteiger partial charge is 0.494 e. The van der Waals surface area contributed by atoms with Gasteiger partial charge in [0.1, 0.15) is 6.04 Å². The van der Waals surface area contributed by atoms with E-state index in [-0.39, 0.29) is 24.4 Å². The zero-order chi connectivity index (χ0) is 15.6. The van der Waals surface area contributed by atoms with Crippen molar-refractivity contribution in [3.63, 3.8) is 0 Å². The molecule has 2 rings (SSSR count). The third-order valence-corrected chi connectivity index (χ3v) is 3.23. The van der Waals surface area contributed by atoms with Crippen molar-refractivity contribution in [2.24, 2.45) is 0 Å². The lowest BCUT2D eigenvalue weighted by molar-refractivity contribution is -0.141. The van der Waals surface area contributed by atoms with Gasteiger partial charge in [0.15, 0.2) is 11.6 Å². The first-order valence-electron chi connectivity index (χ1n) is 6.24. The predicted molar refractivity (Wildman–Crippen MR) is 70.7 cm³/mol. The number of carboxylic acid groups (broad SMARTS) is 1. The number of likely N-dealkylation sites (tertiary alicyclic amines) is 1. The molecule has 0 aromatic heterocycles. The smallest absolute Gasteiger partial charge is 0.326 e. The van der Waals surface area contributed by atoms with Gasteiger partial charge in [-0.1, -0.05) is 0 Å². The molecule has 0 unspecified atom stereocenters. The molecule has 2 amide bonds. The third kappa shape index (κ3) is 3.22. The Kier molecular flexibility index (Phi) is 4.27. The SMILES string of the molecule is COc1ccc(NC(=O)N2C[C@H](O)C[C@H]2C(=O)O)cc1F. The second-order valence-corrected chi connectivity index (χ2v) is 4.68. The molecule has 1 aromatic rings. The van der Waals surface area contributed by atoms with Crippen LogP contribution in [0, 0.1) is 5.82 Å². The number of halogens is 1. The molecular weight excluding hydrogens is 283 g/mol. The normalized spacial score (nSPS) is 21.2. The fraction of sp³-hybridized carbons (Fsp3) is 0.385. The van der Waals surface area contributed by atoms with Crippen LogP contribution in [0.1, 0.15) is 6.42 Å². The number of methoxy groups -OCH3 is 1. The lowest BCUT2D eigenvalue weighted by Gasteiger charge is -2.21. The van der Waals surface area contributed by atoms with Crippen LogP contribution in [0.4, 0.5) is 14.9 Å². The first-order chi connectivity index (χ1) is 9.92. The Morgan fingerprint density at radius 3 is 2.76 bits per heavy atom. The molecule has 1 heterocycles. The summed E-state index contributed by atoms with van der Waals surface area (Å²) in [4.78, 5) is 24.1. The standard InChI is InChI=1S/C13H15FN2O5/c1-21-11-3-2-7(4-9(11)14)15-13(20)16-6-8(17)5-10(16)12(18)19/h2-4,8,10,17H,5-6H2,1H3,(H,15,20)(H,18,19)/t8-,10+/m1/s1. The maximum absolute atomic E-state index is 13.5. The number of urea groups is 1. The van der Waals surface area contributed by atoms with Gasteiger partial charge in [0.25, 0.3) is 0 Å². The summed E-state index contributed by atoms with van der Waals surface area (Å²) in [5.41, 5.74) is 0.170. The molecule has 1 saturated heterocycles. The number of amides is 2. The van der Waals surface area contributed by atoms with E-state index in [0.29, 0.717) is 0 Å². The number of nitrogens with one attached hydrogen (secondary N) is 1. The van der Waals surface area contributed by atoms with Crippen LogP contribution >= 0.6 is 0 Å². The Hall–Kier alpha value is -2.35. The average molecular weight is 298 g/mol. The summed E-state index contributed by atoms with van der Waals surface area (Å²) < 4.78 is 18.3. The maximum atomic E-state index is 13.5. The lowest BCUT2D eigenvalue weighted by Crippen LogP contribution is -2.43. The van der Waals surface area contributed by atoms with Gasteiger partial charge in [-0.05, 0) is 12.1 Å². The molecule has 0 aliphatic carbocycles. The first kappa shape index (κ1) is 15.0. The molecule has 1 aliphatic rings. The highest BCUT2D eigenvalue weighted by Gasteiger charge is 2.39. The quantitative estimate of drug-likeness (QED) is 0.769. The van der Waals surface area contributed by atoms with Crippen molar-refractivity contribution in [2.75, 3.05) is 19.0 Å². The van der Waals surface area contributed by atoms with Gasteiger partial charge in [-0.3, -0.25) is 0 Å². The van der Waals surface area contributed by atoms with E-state index in [1.54, 1.807) is 0 Å². The molecular formula is C13H15FN2O5. The molecule has 0 saturated carbocycles. The van der Waals surface area contributed by atoms with E-state index in [1.165, 1.54) is 19.2 Å². The number of aliphatic carboxylic acids is 1. The minimum Gasteiger partial charge on any atom is -0.494 e. The van der Waals surface area contributed by atoms with Gasteiger partial charge in [-0.15, -0.1) is 0 Å². The van der Waals surface area contributed by atoms with E-state index in [9.17, 15) is 19.1 Å². The van der Waals surface area contributed by atoms with E-state index >= 15 is 0 Å². The Bertz CT molecular complexity index is 565. The fourth-order valence-electron chi connectivity index (χ4n) is 2.21. The number of ether oxygens (including phenoxy) is 1. The Morgan fingerprint density at radius 1 is 1.48 bits per heavy atom. The molecule has 1 fully saturated rings. The van der Waals surface area contributed by atoms with Crippen molar-refractivity contribution >= 4 is 17.7 Å². The molecule has 2 atom stereocenters. The third-order valence-electron chi connectivity index (χ3n) is 3.23. The van der Waals surface area contributed by atoms with Crippen LogP contribution in [0.3, 0.4) is 0 Å². The number of hydrogen-bond acceptors (Lipinski definition) is 4. The summed E-state index contributed by atoms with van der Waals surface area (Å²) in [6, 6.07) is 2.05. The van der Waals surface area contributed by atoms with E-state index < -0.39 is 30.0 Å². The van der Waals surface area contributed by atoms with Crippen LogP contribution in [0.25, 0.3) is 0 Å². The molecule has 1 aliphatic heterocycles. The minimum atomic E-state index is -1.19. The highest BCUT2D eigenvalue weighted by molar-refractivity contribution is 5.92. The Balaban J connectivity index is 2.10. The summed E-state index contributed by atoms with van der Waals surface area (Å²) in [7, 11) is 1.32. The van der Waals surface area contributed by atoms with Gasteiger partial charge in [-0.2, -0.15) is 0 Å². The molecule has 3 N–H and O–H groups in total. The number of carbonyl (C=O) groups is 2. The summed E-state index contributed by atoms with van der Waals surface area (Å²) >= 11 is 0. The van der Waals surface area contributed by atoms with Crippen molar-refractivity contribution in [1.82, 2.24) is 4.90 Å². The molecule has 7 nitrogen and oxygen atoms in total. The van der Waals surface area contributed by atoms with Crippen LogP contribution in [-0.4, -0.2) is 52.9 Å². The zero-order valence-corrected chi connectivity index (χ0v) is 11.2. The second-order valence-electron chi connectivity index (χ2n) is 4.68. The van der Waals surface area contributed by atoms with E-state index in [4.69, 9.17) is 9.84 Å². The number of benzene rings is 1. The number of carboxylic acids is 1. The fourth-order valence-corrected chi connectivity index (χ4v) is 2.21. The molecule has 0 radical (unpaired) electrons. The maximum Gasteiger partial charge on any atom is 0.326 e. The monoisotopic (exact) mass is 298 g/mol. The van der Waals surface area contributed by atoms with E-state index in [2.05, 4.69) is 5.32 Å². The van der Waals surface area contributed by atoms with Crippen molar-refractivity contribution in [2.45, 2.75) is 18.6 Å². The number of anilines is 1. The van der Waals surface area contributed by atoms with Crippen LogP contribution in [0.2, 0.25) is 0 Å². The molecule has 8 heteroatoms.